The van der Waals surface area contributed by atoms with Gasteiger partial charge < -0.3 is 5.11 Å². The fourth-order valence-electron chi connectivity index (χ4n) is 2.20. The minimum atomic E-state index is -0.175. The summed E-state index contributed by atoms with van der Waals surface area (Å²) in [6, 6.07) is 2.64. The average molecular weight is 252 g/mol. The van der Waals surface area contributed by atoms with Crippen LogP contribution < -0.4 is 0 Å². The summed E-state index contributed by atoms with van der Waals surface area (Å²) in [7, 11) is 0. The Kier molecular flexibility index (Phi) is 6.41. The van der Waals surface area contributed by atoms with Crippen molar-refractivity contribution in [2.45, 2.75) is 71.9 Å². The molecule has 0 saturated carbocycles. The number of rotatable bonds is 8. The van der Waals surface area contributed by atoms with Crippen LogP contribution in [0.15, 0.2) is 12.3 Å². The topological polar surface area (TPSA) is 38.0 Å². The van der Waals surface area contributed by atoms with E-state index in [1.165, 1.54) is 0 Å². The lowest BCUT2D eigenvalue weighted by molar-refractivity contribution is 0.114. The second-order valence-corrected chi connectivity index (χ2v) is 5.46. The molecule has 1 unspecified atom stereocenters. The molecule has 0 spiro atoms. The van der Waals surface area contributed by atoms with E-state index in [-0.39, 0.29) is 6.10 Å². The number of hydrogen-bond acceptors (Lipinski definition) is 2. The zero-order chi connectivity index (χ0) is 13.5. The number of hydrogen-bond donors (Lipinski definition) is 1. The Hall–Kier alpha value is -0.830. The van der Waals surface area contributed by atoms with Gasteiger partial charge in [0, 0.05) is 6.20 Å². The van der Waals surface area contributed by atoms with Gasteiger partial charge in [-0.15, -0.1) is 0 Å². The molecule has 18 heavy (non-hydrogen) atoms. The van der Waals surface area contributed by atoms with Crippen molar-refractivity contribution in [3.63, 3.8) is 0 Å². The summed E-state index contributed by atoms with van der Waals surface area (Å²) in [4.78, 5) is 0. The molecule has 0 aliphatic heterocycles. The van der Waals surface area contributed by atoms with E-state index in [0.717, 1.165) is 37.8 Å². The third-order valence-corrected chi connectivity index (χ3v) is 3.68. The van der Waals surface area contributed by atoms with Gasteiger partial charge in [0.1, 0.15) is 0 Å². The molecule has 0 aliphatic rings. The maximum Gasteiger partial charge on any atom is 0.0624 e. The zero-order valence-corrected chi connectivity index (χ0v) is 12.3. The second-order valence-electron chi connectivity index (χ2n) is 5.46. The molecule has 3 heteroatoms. The maximum atomic E-state index is 9.75. The molecular weight excluding hydrogens is 224 g/mol. The van der Waals surface area contributed by atoms with E-state index < -0.39 is 0 Å². The van der Waals surface area contributed by atoms with Crippen LogP contribution in [0.2, 0.25) is 0 Å². The van der Waals surface area contributed by atoms with Crippen LogP contribution in [0.25, 0.3) is 0 Å². The molecule has 0 saturated heterocycles. The fraction of sp³-hybridized carbons (Fsp3) is 0.800. The van der Waals surface area contributed by atoms with Gasteiger partial charge in [-0.3, -0.25) is 4.68 Å². The van der Waals surface area contributed by atoms with Crippen LogP contribution in [-0.2, 0) is 6.42 Å². The van der Waals surface area contributed by atoms with Gasteiger partial charge in [0.2, 0.25) is 0 Å². The Bertz CT molecular complexity index is 329. The highest BCUT2D eigenvalue weighted by molar-refractivity contribution is 5.00. The fourth-order valence-corrected chi connectivity index (χ4v) is 2.20. The van der Waals surface area contributed by atoms with E-state index in [1.54, 1.807) is 0 Å². The molecule has 0 aromatic carbocycles. The normalized spacial score (nSPS) is 13.5. The highest BCUT2D eigenvalue weighted by Gasteiger charge is 2.10. The van der Waals surface area contributed by atoms with Crippen molar-refractivity contribution < 1.29 is 5.11 Å². The van der Waals surface area contributed by atoms with Gasteiger partial charge in [-0.2, -0.15) is 5.10 Å². The standard InChI is InChI=1S/C15H28N2O/c1-5-14(6-2)17-11-10-13(16-17)8-7-9-15(18)12(3)4/h10-12,14-15,18H,5-9H2,1-4H3. The van der Waals surface area contributed by atoms with Crippen LogP contribution in [0, 0.1) is 5.92 Å². The molecule has 3 nitrogen and oxygen atoms in total. The van der Waals surface area contributed by atoms with Crippen molar-refractivity contribution in [3.05, 3.63) is 18.0 Å². The summed E-state index contributed by atoms with van der Waals surface area (Å²) in [5.74, 6) is 0.354. The van der Waals surface area contributed by atoms with E-state index in [0.29, 0.717) is 12.0 Å². The van der Waals surface area contributed by atoms with E-state index in [2.05, 4.69) is 49.7 Å². The maximum absolute atomic E-state index is 9.75. The van der Waals surface area contributed by atoms with E-state index >= 15 is 0 Å². The molecule has 1 rings (SSSR count). The van der Waals surface area contributed by atoms with Gasteiger partial charge in [-0.1, -0.05) is 27.7 Å². The number of aliphatic hydroxyl groups is 1. The first-order chi connectivity index (χ1) is 8.58. The Balaban J connectivity index is 2.40. The van der Waals surface area contributed by atoms with Crippen LogP contribution in [0.4, 0.5) is 0 Å². The molecule has 0 fully saturated rings. The van der Waals surface area contributed by atoms with E-state index in [9.17, 15) is 5.11 Å². The number of aliphatic hydroxyl groups excluding tert-OH is 1. The van der Waals surface area contributed by atoms with Crippen molar-refractivity contribution in [1.82, 2.24) is 9.78 Å². The number of aryl methyl sites for hydroxylation is 1. The molecular formula is C15H28N2O. The van der Waals surface area contributed by atoms with Gasteiger partial charge in [0.25, 0.3) is 0 Å². The van der Waals surface area contributed by atoms with Crippen LogP contribution in [-0.4, -0.2) is 21.0 Å². The highest BCUT2D eigenvalue weighted by atomic mass is 16.3. The predicted molar refractivity (Wildman–Crippen MR) is 75.6 cm³/mol. The van der Waals surface area contributed by atoms with Crippen LogP contribution in [0.5, 0.6) is 0 Å². The number of nitrogens with zero attached hydrogens (tertiary/aromatic N) is 2. The molecule has 0 amide bonds. The minimum absolute atomic E-state index is 0.175. The first-order valence-corrected chi connectivity index (χ1v) is 7.30. The summed E-state index contributed by atoms with van der Waals surface area (Å²) in [5.41, 5.74) is 1.15. The molecule has 104 valence electrons. The van der Waals surface area contributed by atoms with Gasteiger partial charge >= 0.3 is 0 Å². The lowest BCUT2D eigenvalue weighted by Gasteiger charge is -2.13. The van der Waals surface area contributed by atoms with Gasteiger partial charge in [0.15, 0.2) is 0 Å². The van der Waals surface area contributed by atoms with Crippen LogP contribution >= 0.6 is 0 Å². The highest BCUT2D eigenvalue weighted by Crippen LogP contribution is 2.16. The lowest BCUT2D eigenvalue weighted by Crippen LogP contribution is -2.14. The third-order valence-electron chi connectivity index (χ3n) is 3.68. The smallest absolute Gasteiger partial charge is 0.0624 e. The summed E-state index contributed by atoms with van der Waals surface area (Å²) in [6.07, 6.45) is 7.02. The van der Waals surface area contributed by atoms with Crippen molar-refractivity contribution in [2.75, 3.05) is 0 Å². The summed E-state index contributed by atoms with van der Waals surface area (Å²) in [6.45, 7) is 8.53. The molecule has 1 N–H and O–H groups in total. The Morgan fingerprint density at radius 2 is 1.94 bits per heavy atom. The monoisotopic (exact) mass is 252 g/mol. The molecule has 1 heterocycles. The second kappa shape index (κ2) is 7.57. The summed E-state index contributed by atoms with van der Waals surface area (Å²) in [5, 5.41) is 14.4. The summed E-state index contributed by atoms with van der Waals surface area (Å²) >= 11 is 0. The Morgan fingerprint density at radius 1 is 1.28 bits per heavy atom. The van der Waals surface area contributed by atoms with E-state index in [4.69, 9.17) is 0 Å². The van der Waals surface area contributed by atoms with Gasteiger partial charge in [-0.05, 0) is 44.1 Å². The predicted octanol–water partition coefficient (Wildman–Crippen LogP) is 3.58. The molecule has 0 radical (unpaired) electrons. The van der Waals surface area contributed by atoms with Crippen LogP contribution in [0.1, 0.15) is 65.1 Å². The SMILES string of the molecule is CCC(CC)n1ccc(CCCC(O)C(C)C)n1. The largest absolute Gasteiger partial charge is 0.393 e. The van der Waals surface area contributed by atoms with Crippen molar-refractivity contribution >= 4 is 0 Å². The Morgan fingerprint density at radius 3 is 2.50 bits per heavy atom. The van der Waals surface area contributed by atoms with Gasteiger partial charge in [0.05, 0.1) is 17.8 Å². The van der Waals surface area contributed by atoms with Crippen molar-refractivity contribution in [1.29, 1.82) is 0 Å². The molecule has 1 aromatic heterocycles. The lowest BCUT2D eigenvalue weighted by atomic mass is 10.0. The molecule has 1 aromatic rings. The average Bonchev–Trinajstić information content (AvgIpc) is 2.79. The first-order valence-electron chi connectivity index (χ1n) is 7.30. The molecule has 0 aliphatic carbocycles. The van der Waals surface area contributed by atoms with Crippen molar-refractivity contribution in [3.8, 4) is 0 Å². The third kappa shape index (κ3) is 4.45. The quantitative estimate of drug-likeness (QED) is 0.768. The van der Waals surface area contributed by atoms with Crippen molar-refractivity contribution in [2.24, 2.45) is 5.92 Å². The Labute approximate surface area is 111 Å². The summed E-state index contributed by atoms with van der Waals surface area (Å²) < 4.78 is 2.09. The molecule has 1 atom stereocenters. The number of aromatic nitrogens is 2. The van der Waals surface area contributed by atoms with Crippen LogP contribution in [0.3, 0.4) is 0 Å². The van der Waals surface area contributed by atoms with E-state index in [1.807, 2.05) is 0 Å². The minimum Gasteiger partial charge on any atom is -0.393 e. The van der Waals surface area contributed by atoms with Gasteiger partial charge in [-0.25, -0.2) is 0 Å². The zero-order valence-electron chi connectivity index (χ0n) is 12.3. The molecule has 0 bridgehead atoms. The first kappa shape index (κ1) is 15.2.